The second kappa shape index (κ2) is 6.48. The van der Waals surface area contributed by atoms with Gasteiger partial charge in [0, 0.05) is 19.6 Å². The van der Waals surface area contributed by atoms with Crippen LogP contribution in [0.15, 0.2) is 22.8 Å². The summed E-state index contributed by atoms with van der Waals surface area (Å²) in [6.07, 6.45) is 4.27. The lowest BCUT2D eigenvalue weighted by molar-refractivity contribution is -0.0904. The molecule has 0 bridgehead atoms. The van der Waals surface area contributed by atoms with E-state index in [2.05, 4.69) is 23.9 Å². The predicted molar refractivity (Wildman–Crippen MR) is 80.2 cm³/mol. The molecule has 2 saturated heterocycles. The van der Waals surface area contributed by atoms with Gasteiger partial charge in [0.1, 0.15) is 11.4 Å². The maximum Gasteiger partial charge on any atom is 0.117 e. The minimum absolute atomic E-state index is 0.135. The van der Waals surface area contributed by atoms with E-state index in [4.69, 9.17) is 13.9 Å². The molecule has 5 nitrogen and oxygen atoms in total. The van der Waals surface area contributed by atoms with Gasteiger partial charge >= 0.3 is 0 Å². The molecule has 118 valence electrons. The molecule has 2 aliphatic rings. The Kier molecular flexibility index (Phi) is 4.64. The van der Waals surface area contributed by atoms with Crippen LogP contribution in [0, 0.1) is 0 Å². The Balaban J connectivity index is 1.62. The van der Waals surface area contributed by atoms with Crippen molar-refractivity contribution in [2.75, 3.05) is 46.9 Å². The van der Waals surface area contributed by atoms with Crippen molar-refractivity contribution in [3.8, 4) is 0 Å². The number of rotatable bonds is 4. The molecule has 3 rings (SSSR count). The fraction of sp³-hybridized carbons (Fsp3) is 0.750. The van der Waals surface area contributed by atoms with Crippen LogP contribution in [0.25, 0.3) is 0 Å². The number of hydrogen-bond acceptors (Lipinski definition) is 5. The molecule has 0 amide bonds. The lowest BCUT2D eigenvalue weighted by atomic mass is 10.00. The summed E-state index contributed by atoms with van der Waals surface area (Å²) in [5, 5.41) is 0. The molecule has 0 N–H and O–H groups in total. The Morgan fingerprint density at radius 3 is 3.10 bits per heavy atom. The Morgan fingerprint density at radius 2 is 2.33 bits per heavy atom. The fourth-order valence-corrected chi connectivity index (χ4v) is 3.40. The Morgan fingerprint density at radius 1 is 1.43 bits per heavy atom. The predicted octanol–water partition coefficient (Wildman–Crippen LogP) is 1.59. The van der Waals surface area contributed by atoms with Crippen molar-refractivity contribution in [1.29, 1.82) is 0 Å². The van der Waals surface area contributed by atoms with Crippen LogP contribution in [0.2, 0.25) is 0 Å². The molecule has 0 aromatic carbocycles. The maximum atomic E-state index is 6.39. The third kappa shape index (κ3) is 3.86. The molecule has 3 heterocycles. The van der Waals surface area contributed by atoms with Gasteiger partial charge in [-0.15, -0.1) is 0 Å². The van der Waals surface area contributed by atoms with Crippen LogP contribution >= 0.6 is 0 Å². The first-order valence-electron chi connectivity index (χ1n) is 7.80. The van der Waals surface area contributed by atoms with Gasteiger partial charge in [-0.1, -0.05) is 0 Å². The third-order valence-electron chi connectivity index (χ3n) is 4.30. The molecule has 2 fully saturated rings. The van der Waals surface area contributed by atoms with Gasteiger partial charge in [0.05, 0.1) is 32.1 Å². The monoisotopic (exact) mass is 294 g/mol. The summed E-state index contributed by atoms with van der Waals surface area (Å²) in [7, 11) is 4.20. The van der Waals surface area contributed by atoms with Gasteiger partial charge < -0.3 is 18.8 Å². The lowest BCUT2D eigenvalue weighted by Crippen LogP contribution is -2.44. The molecule has 2 unspecified atom stereocenters. The summed E-state index contributed by atoms with van der Waals surface area (Å²) in [6.45, 7) is 5.16. The van der Waals surface area contributed by atoms with Crippen LogP contribution in [-0.4, -0.2) is 68.4 Å². The minimum atomic E-state index is -0.135. The topological polar surface area (TPSA) is 38.1 Å². The van der Waals surface area contributed by atoms with Gasteiger partial charge in [0.15, 0.2) is 0 Å². The highest BCUT2D eigenvalue weighted by atomic mass is 16.6. The van der Waals surface area contributed by atoms with E-state index in [1.807, 2.05) is 12.1 Å². The summed E-state index contributed by atoms with van der Waals surface area (Å²) >= 11 is 0. The maximum absolute atomic E-state index is 6.39. The van der Waals surface area contributed by atoms with Gasteiger partial charge in [-0.2, -0.15) is 0 Å². The second-order valence-electron chi connectivity index (χ2n) is 6.57. The van der Waals surface area contributed by atoms with E-state index < -0.39 is 0 Å². The van der Waals surface area contributed by atoms with Crippen LogP contribution < -0.4 is 0 Å². The highest BCUT2D eigenvalue weighted by Crippen LogP contribution is 2.33. The highest BCUT2D eigenvalue weighted by Gasteiger charge is 2.43. The molecule has 2 atom stereocenters. The van der Waals surface area contributed by atoms with Crippen molar-refractivity contribution in [3.63, 3.8) is 0 Å². The minimum Gasteiger partial charge on any atom is -0.468 e. The molecular weight excluding hydrogens is 268 g/mol. The van der Waals surface area contributed by atoms with Crippen molar-refractivity contribution in [2.24, 2.45) is 0 Å². The highest BCUT2D eigenvalue weighted by molar-refractivity contribution is 5.00. The zero-order chi connectivity index (χ0) is 14.7. The summed E-state index contributed by atoms with van der Waals surface area (Å²) in [5.41, 5.74) is -0.135. The average molecular weight is 294 g/mol. The van der Waals surface area contributed by atoms with Crippen LogP contribution in [0.1, 0.15) is 18.6 Å². The lowest BCUT2D eigenvalue weighted by Gasteiger charge is -2.32. The van der Waals surface area contributed by atoms with Crippen molar-refractivity contribution < 1.29 is 13.9 Å². The van der Waals surface area contributed by atoms with Gasteiger partial charge in [-0.3, -0.25) is 4.90 Å². The summed E-state index contributed by atoms with van der Waals surface area (Å²) in [6, 6.07) is 3.97. The third-order valence-corrected chi connectivity index (χ3v) is 4.30. The number of hydrogen-bond donors (Lipinski definition) is 0. The second-order valence-corrected chi connectivity index (χ2v) is 6.57. The zero-order valence-corrected chi connectivity index (χ0v) is 13.1. The summed E-state index contributed by atoms with van der Waals surface area (Å²) in [4.78, 5) is 4.59. The number of likely N-dealkylation sites (N-methyl/N-ethyl adjacent to an activating group) is 1. The van der Waals surface area contributed by atoms with Crippen LogP contribution in [0.4, 0.5) is 0 Å². The molecule has 2 aliphatic heterocycles. The van der Waals surface area contributed by atoms with Crippen molar-refractivity contribution >= 4 is 0 Å². The molecular formula is C16H26N2O3. The quantitative estimate of drug-likeness (QED) is 0.843. The average Bonchev–Trinajstić information content (AvgIpc) is 3.00. The van der Waals surface area contributed by atoms with E-state index in [1.54, 1.807) is 6.26 Å². The standard InChI is InChI=1S/C16H26N2O3/c1-17(2)10-15-5-6-16(21-15)12-18(7-9-19-13-16)11-14-4-3-8-20-14/h3-4,8,15H,5-7,9-13H2,1-2H3. The van der Waals surface area contributed by atoms with E-state index in [9.17, 15) is 0 Å². The molecule has 1 spiro atoms. The molecule has 1 aromatic rings. The Labute approximate surface area is 126 Å². The van der Waals surface area contributed by atoms with Gasteiger partial charge in [-0.25, -0.2) is 0 Å². The number of nitrogens with zero attached hydrogens (tertiary/aromatic N) is 2. The first kappa shape index (κ1) is 15.0. The molecule has 21 heavy (non-hydrogen) atoms. The first-order valence-corrected chi connectivity index (χ1v) is 7.80. The largest absolute Gasteiger partial charge is 0.468 e. The normalized spacial score (nSPS) is 31.1. The smallest absolute Gasteiger partial charge is 0.117 e. The van der Waals surface area contributed by atoms with Crippen LogP contribution in [-0.2, 0) is 16.0 Å². The first-order chi connectivity index (χ1) is 10.2. The fourth-order valence-electron chi connectivity index (χ4n) is 3.40. The van der Waals surface area contributed by atoms with Crippen molar-refractivity contribution in [2.45, 2.75) is 31.1 Å². The van der Waals surface area contributed by atoms with E-state index >= 15 is 0 Å². The van der Waals surface area contributed by atoms with Gasteiger partial charge in [0.25, 0.3) is 0 Å². The van der Waals surface area contributed by atoms with Crippen LogP contribution in [0.3, 0.4) is 0 Å². The number of ether oxygens (including phenoxy) is 2. The number of furan rings is 1. The van der Waals surface area contributed by atoms with E-state index in [0.29, 0.717) is 12.7 Å². The van der Waals surface area contributed by atoms with Gasteiger partial charge in [0.2, 0.25) is 0 Å². The molecule has 5 heteroatoms. The van der Waals surface area contributed by atoms with E-state index in [0.717, 1.165) is 51.4 Å². The van der Waals surface area contributed by atoms with E-state index in [1.165, 1.54) is 0 Å². The Bertz CT molecular complexity index is 435. The molecule has 0 saturated carbocycles. The van der Waals surface area contributed by atoms with Gasteiger partial charge in [-0.05, 0) is 39.1 Å². The van der Waals surface area contributed by atoms with Crippen molar-refractivity contribution in [3.05, 3.63) is 24.2 Å². The van der Waals surface area contributed by atoms with Crippen molar-refractivity contribution in [1.82, 2.24) is 9.80 Å². The zero-order valence-electron chi connectivity index (χ0n) is 13.1. The molecule has 0 radical (unpaired) electrons. The van der Waals surface area contributed by atoms with E-state index in [-0.39, 0.29) is 5.60 Å². The Hall–Kier alpha value is -0.880. The molecule has 0 aliphatic carbocycles. The summed E-state index contributed by atoms with van der Waals surface area (Å²) < 4.78 is 17.7. The SMILES string of the molecule is CN(C)CC1CCC2(COCCN(Cc3ccco3)C2)O1. The summed E-state index contributed by atoms with van der Waals surface area (Å²) in [5.74, 6) is 1.01. The molecule has 1 aromatic heterocycles. The van der Waals surface area contributed by atoms with Crippen LogP contribution in [0.5, 0.6) is 0 Å².